The van der Waals surface area contributed by atoms with Crippen molar-refractivity contribution in [3.63, 3.8) is 0 Å². The zero-order chi connectivity index (χ0) is 18.1. The van der Waals surface area contributed by atoms with Crippen molar-refractivity contribution in [2.45, 2.75) is 26.4 Å². The van der Waals surface area contributed by atoms with Gasteiger partial charge in [-0.2, -0.15) is 5.26 Å². The fraction of sp³-hybridized carbons (Fsp3) is 0.471. The summed E-state index contributed by atoms with van der Waals surface area (Å²) in [5, 5.41) is 8.55. The summed E-state index contributed by atoms with van der Waals surface area (Å²) in [6.45, 7) is 4.03. The number of carbonyl (C=O) groups excluding carboxylic acids is 2. The number of nitriles is 1. The van der Waals surface area contributed by atoms with Gasteiger partial charge in [0.05, 0.1) is 31.8 Å². The van der Waals surface area contributed by atoms with Gasteiger partial charge in [0.2, 0.25) is 0 Å². The molecule has 0 N–H and O–H groups in total. The highest BCUT2D eigenvalue weighted by Gasteiger charge is 2.22. The summed E-state index contributed by atoms with van der Waals surface area (Å²) in [6.07, 6.45) is -0.724. The minimum absolute atomic E-state index is 0.221. The van der Waals surface area contributed by atoms with Crippen LogP contribution in [0.2, 0.25) is 0 Å². The van der Waals surface area contributed by atoms with Crippen molar-refractivity contribution < 1.29 is 23.8 Å². The molecular weight excluding hydrogens is 312 g/mol. The van der Waals surface area contributed by atoms with Gasteiger partial charge in [0.1, 0.15) is 0 Å². The Morgan fingerprint density at radius 1 is 1.33 bits per heavy atom. The molecule has 1 aromatic carbocycles. The number of hydrogen-bond donors (Lipinski definition) is 0. The Kier molecular flexibility index (Phi) is 7.56. The van der Waals surface area contributed by atoms with Crippen molar-refractivity contribution in [1.82, 2.24) is 4.90 Å². The molecule has 7 heteroatoms. The zero-order valence-electron chi connectivity index (χ0n) is 14.4. The number of methoxy groups -OCH3 is 1. The van der Waals surface area contributed by atoms with Gasteiger partial charge in [-0.05, 0) is 32.0 Å². The van der Waals surface area contributed by atoms with Gasteiger partial charge < -0.3 is 19.1 Å². The maximum absolute atomic E-state index is 12.2. The van der Waals surface area contributed by atoms with E-state index in [9.17, 15) is 9.59 Å². The average Bonchev–Trinajstić information content (AvgIpc) is 2.58. The molecule has 1 rings (SSSR count). The van der Waals surface area contributed by atoms with E-state index >= 15 is 0 Å². The first-order chi connectivity index (χ1) is 11.4. The molecule has 1 atom stereocenters. The summed E-state index contributed by atoms with van der Waals surface area (Å²) < 4.78 is 15.8. The van der Waals surface area contributed by atoms with E-state index in [1.165, 1.54) is 25.0 Å². The van der Waals surface area contributed by atoms with Gasteiger partial charge in [-0.1, -0.05) is 0 Å². The molecule has 0 heterocycles. The van der Waals surface area contributed by atoms with Crippen LogP contribution >= 0.6 is 0 Å². The molecule has 0 aliphatic rings. The normalized spacial score (nSPS) is 11.1. The Morgan fingerprint density at radius 2 is 2.04 bits per heavy atom. The minimum atomic E-state index is -0.946. The minimum Gasteiger partial charge on any atom is -0.493 e. The number of nitrogens with zero attached hydrogens (tertiary/aromatic N) is 2. The Labute approximate surface area is 141 Å². The Bertz CT molecular complexity index is 624. The summed E-state index contributed by atoms with van der Waals surface area (Å²) in [5.41, 5.74) is 0.263. The summed E-state index contributed by atoms with van der Waals surface area (Å²) in [7, 11) is 3.07. The second-order valence-corrected chi connectivity index (χ2v) is 5.01. The van der Waals surface area contributed by atoms with E-state index in [-0.39, 0.29) is 24.4 Å². The summed E-state index contributed by atoms with van der Waals surface area (Å²) in [6, 6.07) is 6.62. The highest BCUT2D eigenvalue weighted by molar-refractivity contribution is 5.92. The van der Waals surface area contributed by atoms with E-state index in [2.05, 4.69) is 0 Å². The molecule has 0 bridgehead atoms. The van der Waals surface area contributed by atoms with E-state index in [0.29, 0.717) is 18.1 Å². The van der Waals surface area contributed by atoms with Crippen molar-refractivity contribution in [2.24, 2.45) is 0 Å². The van der Waals surface area contributed by atoms with E-state index < -0.39 is 12.1 Å². The number of amides is 1. The predicted molar refractivity (Wildman–Crippen MR) is 86.9 cm³/mol. The molecule has 0 saturated carbocycles. The summed E-state index contributed by atoms with van der Waals surface area (Å²) in [4.78, 5) is 25.7. The third-order valence-corrected chi connectivity index (χ3v) is 3.27. The highest BCUT2D eigenvalue weighted by Crippen LogP contribution is 2.28. The Morgan fingerprint density at radius 3 is 2.62 bits per heavy atom. The number of benzene rings is 1. The van der Waals surface area contributed by atoms with Crippen LogP contribution in [0.5, 0.6) is 11.5 Å². The van der Waals surface area contributed by atoms with Crippen LogP contribution in [0.4, 0.5) is 0 Å². The predicted octanol–water partition coefficient (Wildman–Crippen LogP) is 2.01. The molecule has 0 radical (unpaired) electrons. The average molecular weight is 334 g/mol. The largest absolute Gasteiger partial charge is 0.493 e. The fourth-order valence-electron chi connectivity index (χ4n) is 1.99. The fourth-order valence-corrected chi connectivity index (χ4v) is 1.99. The molecule has 0 aliphatic carbocycles. The van der Waals surface area contributed by atoms with Gasteiger partial charge in [0, 0.05) is 13.6 Å². The first kappa shape index (κ1) is 19.3. The maximum Gasteiger partial charge on any atom is 0.339 e. The molecule has 0 aliphatic heterocycles. The van der Waals surface area contributed by atoms with Crippen molar-refractivity contribution in [3.8, 4) is 17.6 Å². The van der Waals surface area contributed by atoms with Gasteiger partial charge in [-0.25, -0.2) is 4.79 Å². The van der Waals surface area contributed by atoms with Gasteiger partial charge >= 0.3 is 5.97 Å². The molecule has 0 spiro atoms. The van der Waals surface area contributed by atoms with Crippen molar-refractivity contribution in [3.05, 3.63) is 23.8 Å². The molecule has 24 heavy (non-hydrogen) atoms. The highest BCUT2D eigenvalue weighted by atomic mass is 16.5. The third-order valence-electron chi connectivity index (χ3n) is 3.27. The number of hydrogen-bond acceptors (Lipinski definition) is 6. The van der Waals surface area contributed by atoms with Crippen molar-refractivity contribution in [2.75, 3.05) is 27.3 Å². The molecule has 0 fully saturated rings. The lowest BCUT2D eigenvalue weighted by Crippen LogP contribution is -2.37. The molecule has 7 nitrogen and oxygen atoms in total. The van der Waals surface area contributed by atoms with E-state index in [4.69, 9.17) is 19.5 Å². The molecule has 0 unspecified atom stereocenters. The second kappa shape index (κ2) is 9.40. The summed E-state index contributed by atoms with van der Waals surface area (Å²) in [5.74, 6) is -0.0568. The zero-order valence-corrected chi connectivity index (χ0v) is 14.4. The van der Waals surface area contributed by atoms with Crippen LogP contribution in [0.1, 0.15) is 30.6 Å². The maximum atomic E-state index is 12.2. The lowest BCUT2D eigenvalue weighted by atomic mass is 10.2. The monoisotopic (exact) mass is 334 g/mol. The van der Waals surface area contributed by atoms with E-state index in [0.717, 1.165) is 0 Å². The van der Waals surface area contributed by atoms with Gasteiger partial charge in [0.15, 0.2) is 17.6 Å². The van der Waals surface area contributed by atoms with Crippen LogP contribution in [-0.4, -0.2) is 50.2 Å². The number of ether oxygens (including phenoxy) is 3. The van der Waals surface area contributed by atoms with E-state index in [1.54, 1.807) is 19.2 Å². The number of carbonyl (C=O) groups is 2. The van der Waals surface area contributed by atoms with Crippen LogP contribution in [0.25, 0.3) is 0 Å². The van der Waals surface area contributed by atoms with Crippen LogP contribution in [0.3, 0.4) is 0 Å². The Hall–Kier alpha value is -2.75. The number of esters is 1. The third kappa shape index (κ3) is 5.16. The molecular formula is C17H22N2O5. The topological polar surface area (TPSA) is 88.9 Å². The standard InChI is InChI=1S/C17H22N2O5/c1-5-23-15-11-13(7-8-14(15)22-4)17(21)24-12(2)16(20)19(3)10-6-9-18/h7-8,11-12H,5-6,10H2,1-4H3/t12-/m1/s1. The molecule has 1 aromatic rings. The number of likely N-dealkylation sites (N-methyl/N-ethyl adjacent to an activating group) is 1. The first-order valence-electron chi connectivity index (χ1n) is 7.58. The number of rotatable bonds is 8. The molecule has 0 saturated heterocycles. The SMILES string of the molecule is CCOc1cc(C(=O)O[C@H](C)C(=O)N(C)CCC#N)ccc1OC. The first-order valence-corrected chi connectivity index (χ1v) is 7.58. The molecule has 130 valence electrons. The summed E-state index contributed by atoms with van der Waals surface area (Å²) >= 11 is 0. The van der Waals surface area contributed by atoms with Gasteiger partial charge in [0.25, 0.3) is 5.91 Å². The lowest BCUT2D eigenvalue weighted by Gasteiger charge is -2.20. The van der Waals surface area contributed by atoms with Crippen LogP contribution in [-0.2, 0) is 9.53 Å². The molecule has 0 aromatic heterocycles. The van der Waals surface area contributed by atoms with Crippen LogP contribution < -0.4 is 9.47 Å². The van der Waals surface area contributed by atoms with Crippen LogP contribution in [0.15, 0.2) is 18.2 Å². The van der Waals surface area contributed by atoms with Gasteiger partial charge in [-0.15, -0.1) is 0 Å². The van der Waals surface area contributed by atoms with E-state index in [1.807, 2.05) is 13.0 Å². The van der Waals surface area contributed by atoms with Crippen molar-refractivity contribution >= 4 is 11.9 Å². The van der Waals surface area contributed by atoms with Gasteiger partial charge in [-0.3, -0.25) is 4.79 Å². The molecule has 1 amide bonds. The Balaban J connectivity index is 2.78. The van der Waals surface area contributed by atoms with Crippen molar-refractivity contribution in [1.29, 1.82) is 5.26 Å². The second-order valence-electron chi connectivity index (χ2n) is 5.01. The smallest absolute Gasteiger partial charge is 0.339 e. The quantitative estimate of drug-likeness (QED) is 0.676. The van der Waals surface area contributed by atoms with Crippen LogP contribution in [0, 0.1) is 11.3 Å². The lowest BCUT2D eigenvalue weighted by molar-refractivity contribution is -0.138.